The molecule has 3 aliphatic carbocycles. The number of phenols is 1. The minimum atomic E-state index is -2.48. The number of carbonyl (C=O) groups is 3. The first-order chi connectivity index (χ1) is 13.6. The molecule has 152 valence electrons. The molecule has 0 saturated carbocycles. The molecule has 1 aromatic carbocycles. The number of aliphatic hydroxyl groups is 3. The maximum absolute atomic E-state index is 13.2. The second-order valence-corrected chi connectivity index (χ2v) is 7.88. The molecule has 0 aromatic heterocycles. The number of carbonyl (C=O) groups excluding carboxylic acids is 3. The van der Waals surface area contributed by atoms with Crippen LogP contribution in [-0.2, 0) is 16.0 Å². The normalized spacial score (nSPS) is 28.7. The molecule has 0 bridgehead atoms. The fourth-order valence-electron chi connectivity index (χ4n) is 4.88. The Balaban J connectivity index is 1.90. The van der Waals surface area contributed by atoms with Gasteiger partial charge in [0.1, 0.15) is 22.8 Å². The van der Waals surface area contributed by atoms with Crippen molar-refractivity contribution in [2.45, 2.75) is 31.8 Å². The lowest BCUT2D eigenvalue weighted by atomic mass is 9.60. The van der Waals surface area contributed by atoms with Gasteiger partial charge in [-0.05, 0) is 42.9 Å². The molecule has 3 atom stereocenters. The maximum atomic E-state index is 13.2. The minimum absolute atomic E-state index is 0.0537. The molecule has 1 amide bonds. The van der Waals surface area contributed by atoms with E-state index in [1.807, 2.05) is 6.92 Å². The lowest BCUT2D eigenvalue weighted by molar-refractivity contribution is -0.144. The zero-order valence-electron chi connectivity index (χ0n) is 15.9. The Bertz CT molecular complexity index is 1050. The molecule has 29 heavy (non-hydrogen) atoms. The summed E-state index contributed by atoms with van der Waals surface area (Å²) in [6.45, 7) is 1.81. The number of ketones is 2. The van der Waals surface area contributed by atoms with Crippen molar-refractivity contribution in [1.82, 2.24) is 5.32 Å². The van der Waals surface area contributed by atoms with Gasteiger partial charge in [-0.2, -0.15) is 0 Å². The quantitative estimate of drug-likeness (QED) is 0.446. The number of amides is 1. The van der Waals surface area contributed by atoms with Crippen LogP contribution in [0.25, 0.3) is 0 Å². The number of allylic oxidation sites excluding steroid dienone is 2. The molecule has 1 aromatic rings. The molecule has 4 rings (SSSR count). The summed E-state index contributed by atoms with van der Waals surface area (Å²) in [5.74, 6) is -5.51. The average Bonchev–Trinajstić information content (AvgIpc) is 2.67. The van der Waals surface area contributed by atoms with E-state index in [-0.39, 0.29) is 29.7 Å². The Hall–Kier alpha value is -3.13. The molecule has 0 radical (unpaired) electrons. The van der Waals surface area contributed by atoms with E-state index in [0.717, 1.165) is 5.56 Å². The number of aliphatic hydroxyl groups excluding tert-OH is 2. The second kappa shape index (κ2) is 6.18. The van der Waals surface area contributed by atoms with Crippen molar-refractivity contribution in [3.8, 4) is 5.75 Å². The number of nitrogens with one attached hydrogen (secondary N) is 1. The largest absolute Gasteiger partial charge is 0.511 e. The zero-order chi connectivity index (χ0) is 21.2. The number of fused-ring (bicyclic) bond motifs is 3. The minimum Gasteiger partial charge on any atom is -0.511 e. The topological polar surface area (TPSA) is 144 Å². The van der Waals surface area contributed by atoms with E-state index in [1.54, 1.807) is 6.07 Å². The third kappa shape index (κ3) is 2.38. The monoisotopic (exact) mass is 399 g/mol. The van der Waals surface area contributed by atoms with Gasteiger partial charge < -0.3 is 25.7 Å². The smallest absolute Gasteiger partial charge is 0.258 e. The molecule has 0 fully saturated rings. The molecule has 0 saturated heterocycles. The van der Waals surface area contributed by atoms with Gasteiger partial charge in [-0.3, -0.25) is 14.4 Å². The summed E-state index contributed by atoms with van der Waals surface area (Å²) < 4.78 is 0. The van der Waals surface area contributed by atoms with Gasteiger partial charge in [0.25, 0.3) is 5.91 Å². The van der Waals surface area contributed by atoms with Gasteiger partial charge in [0.05, 0.1) is 5.56 Å². The number of hydrogen-bond donors (Lipinski definition) is 5. The first-order valence-electron chi connectivity index (χ1n) is 9.33. The van der Waals surface area contributed by atoms with Crippen molar-refractivity contribution < 1.29 is 34.8 Å². The summed E-state index contributed by atoms with van der Waals surface area (Å²) in [6.07, 6.45) is 0.320. The van der Waals surface area contributed by atoms with Crippen molar-refractivity contribution in [3.05, 3.63) is 51.5 Å². The Morgan fingerprint density at radius 3 is 2.52 bits per heavy atom. The third-order valence-electron chi connectivity index (χ3n) is 6.39. The molecule has 3 aliphatic rings. The summed E-state index contributed by atoms with van der Waals surface area (Å²) in [5.41, 5.74) is -1.70. The highest BCUT2D eigenvalue weighted by molar-refractivity contribution is 6.24. The Kier molecular flexibility index (Phi) is 4.09. The van der Waals surface area contributed by atoms with Gasteiger partial charge in [0.15, 0.2) is 11.4 Å². The van der Waals surface area contributed by atoms with E-state index >= 15 is 0 Å². The number of aromatic hydroxyl groups is 1. The summed E-state index contributed by atoms with van der Waals surface area (Å²) in [6, 6.07) is 3.09. The molecule has 8 nitrogen and oxygen atoms in total. The predicted molar refractivity (Wildman–Crippen MR) is 100 cm³/mol. The Morgan fingerprint density at radius 2 is 1.86 bits per heavy atom. The maximum Gasteiger partial charge on any atom is 0.258 e. The van der Waals surface area contributed by atoms with Crippen LogP contribution < -0.4 is 5.32 Å². The van der Waals surface area contributed by atoms with Crippen LogP contribution in [0.15, 0.2) is 34.8 Å². The molecule has 0 heterocycles. The molecule has 0 aliphatic heterocycles. The summed E-state index contributed by atoms with van der Waals surface area (Å²) in [7, 11) is 1.27. The van der Waals surface area contributed by atoms with Crippen LogP contribution >= 0.6 is 0 Å². The lowest BCUT2D eigenvalue weighted by Crippen LogP contribution is -2.57. The first-order valence-corrected chi connectivity index (χ1v) is 9.33. The van der Waals surface area contributed by atoms with Gasteiger partial charge in [0, 0.05) is 25.0 Å². The SMILES string of the molecule is CNC(=O)C1=C(O)C[C@@H]2C[C@@H]3Cc4c(C)ccc(O)c4C(=O)C3=C(O)[C@]2(O)C1=O. The number of Topliss-reactive ketones (excluding diaryl/α,β-unsaturated/α-hetero) is 2. The number of rotatable bonds is 1. The predicted octanol–water partition coefficient (Wildman–Crippen LogP) is 1.15. The van der Waals surface area contributed by atoms with Crippen LogP contribution in [0.4, 0.5) is 0 Å². The van der Waals surface area contributed by atoms with Crippen LogP contribution in [0.1, 0.15) is 34.3 Å². The van der Waals surface area contributed by atoms with E-state index in [4.69, 9.17) is 0 Å². The van der Waals surface area contributed by atoms with Crippen molar-refractivity contribution in [3.63, 3.8) is 0 Å². The first kappa shape index (κ1) is 19.2. The molecule has 0 unspecified atom stereocenters. The standard InChI is InChI=1S/C21H21NO7/c1-8-3-4-12(23)15-11(8)6-9-5-10-7-13(24)16(20(28)22-2)19(27)21(10,29)18(26)14(9)17(15)25/h3-4,9-10,23-24,26,29H,5-7H2,1-2H3,(H,22,28)/t9-,10+,21+/m1/s1. The Morgan fingerprint density at radius 1 is 1.17 bits per heavy atom. The Labute approximate surface area is 166 Å². The van der Waals surface area contributed by atoms with Crippen LogP contribution in [-0.4, -0.2) is 50.5 Å². The van der Waals surface area contributed by atoms with E-state index in [1.165, 1.54) is 13.1 Å². The van der Waals surface area contributed by atoms with Crippen LogP contribution in [0.2, 0.25) is 0 Å². The van der Waals surface area contributed by atoms with Crippen molar-refractivity contribution >= 4 is 17.5 Å². The molecular formula is C21H21NO7. The summed E-state index contributed by atoms with van der Waals surface area (Å²) in [4.78, 5) is 38.2. The highest BCUT2D eigenvalue weighted by Gasteiger charge is 2.59. The van der Waals surface area contributed by atoms with E-state index in [0.29, 0.717) is 12.0 Å². The van der Waals surface area contributed by atoms with Crippen molar-refractivity contribution in [2.75, 3.05) is 7.05 Å². The van der Waals surface area contributed by atoms with E-state index < -0.39 is 52.0 Å². The van der Waals surface area contributed by atoms with Gasteiger partial charge in [-0.25, -0.2) is 0 Å². The highest BCUT2D eigenvalue weighted by Crippen LogP contribution is 2.51. The molecular weight excluding hydrogens is 378 g/mol. The third-order valence-corrected chi connectivity index (χ3v) is 6.39. The summed E-state index contributed by atoms with van der Waals surface area (Å²) in [5, 5.41) is 44.8. The summed E-state index contributed by atoms with van der Waals surface area (Å²) >= 11 is 0. The average molecular weight is 399 g/mol. The van der Waals surface area contributed by atoms with Gasteiger partial charge in [-0.1, -0.05) is 6.07 Å². The second-order valence-electron chi connectivity index (χ2n) is 7.88. The van der Waals surface area contributed by atoms with Crippen LogP contribution in [0.5, 0.6) is 5.75 Å². The van der Waals surface area contributed by atoms with E-state index in [2.05, 4.69) is 5.32 Å². The number of hydrogen-bond acceptors (Lipinski definition) is 7. The fraction of sp³-hybridized carbons (Fsp3) is 0.381. The zero-order valence-corrected chi connectivity index (χ0v) is 15.9. The van der Waals surface area contributed by atoms with Crippen molar-refractivity contribution in [1.29, 1.82) is 0 Å². The van der Waals surface area contributed by atoms with Gasteiger partial charge >= 0.3 is 0 Å². The van der Waals surface area contributed by atoms with Crippen molar-refractivity contribution in [2.24, 2.45) is 11.8 Å². The molecule has 5 N–H and O–H groups in total. The highest BCUT2D eigenvalue weighted by atomic mass is 16.3. The van der Waals surface area contributed by atoms with Crippen LogP contribution in [0.3, 0.4) is 0 Å². The number of benzene rings is 1. The molecule has 8 heteroatoms. The van der Waals surface area contributed by atoms with Gasteiger partial charge in [-0.15, -0.1) is 0 Å². The number of aryl methyl sites for hydroxylation is 1. The van der Waals surface area contributed by atoms with Gasteiger partial charge in [0.2, 0.25) is 5.78 Å². The fourth-order valence-corrected chi connectivity index (χ4v) is 4.88. The van der Waals surface area contributed by atoms with E-state index in [9.17, 15) is 34.8 Å². The molecule has 0 spiro atoms. The number of likely N-dealkylation sites (N-methyl/N-ethyl adjacent to an activating group) is 1. The number of phenolic OH excluding ortho intramolecular Hbond substituents is 1. The van der Waals surface area contributed by atoms with Crippen LogP contribution in [0, 0.1) is 18.8 Å². The lowest BCUT2D eigenvalue weighted by Gasteiger charge is -2.45.